The molecule has 33 heavy (non-hydrogen) atoms. The monoisotopic (exact) mass is 485 g/mol. The van der Waals surface area contributed by atoms with E-state index >= 15 is 0 Å². The molecule has 4 rings (SSSR count). The van der Waals surface area contributed by atoms with Gasteiger partial charge >= 0.3 is 0 Å². The summed E-state index contributed by atoms with van der Waals surface area (Å²) in [6.45, 7) is 1.01. The van der Waals surface area contributed by atoms with E-state index < -0.39 is 5.91 Å². The van der Waals surface area contributed by atoms with Gasteiger partial charge in [-0.2, -0.15) is 0 Å². The molecule has 1 amide bonds. The Morgan fingerprint density at radius 1 is 1.18 bits per heavy atom. The zero-order valence-electron chi connectivity index (χ0n) is 17.7. The van der Waals surface area contributed by atoms with Crippen molar-refractivity contribution in [1.82, 2.24) is 19.7 Å². The molecular formula is C22H20FN5O3S2. The number of ether oxygens (including phenoxy) is 1. The van der Waals surface area contributed by atoms with Crippen LogP contribution in [0.3, 0.4) is 0 Å². The summed E-state index contributed by atoms with van der Waals surface area (Å²) < 4.78 is 19.8. The molecule has 0 spiro atoms. The van der Waals surface area contributed by atoms with E-state index in [0.717, 1.165) is 11.3 Å². The van der Waals surface area contributed by atoms with E-state index in [-0.39, 0.29) is 16.4 Å². The van der Waals surface area contributed by atoms with E-state index in [1.807, 2.05) is 18.2 Å². The summed E-state index contributed by atoms with van der Waals surface area (Å²) in [5.41, 5.74) is 0.994. The number of carbonyl (C=O) groups excluding carboxylic acids is 1. The van der Waals surface area contributed by atoms with Crippen molar-refractivity contribution < 1.29 is 13.9 Å². The number of methoxy groups -OCH3 is 1. The van der Waals surface area contributed by atoms with Crippen molar-refractivity contribution in [1.29, 1.82) is 0 Å². The third-order valence-corrected chi connectivity index (χ3v) is 6.74. The summed E-state index contributed by atoms with van der Waals surface area (Å²) in [5.74, 6) is -0.404. The predicted octanol–water partition coefficient (Wildman–Crippen LogP) is 3.97. The van der Waals surface area contributed by atoms with Gasteiger partial charge in [0.05, 0.1) is 16.7 Å². The highest BCUT2D eigenvalue weighted by molar-refractivity contribution is 7.98. The maximum Gasteiger partial charge on any atom is 0.286 e. The van der Waals surface area contributed by atoms with Gasteiger partial charge in [0.15, 0.2) is 5.16 Å². The average Bonchev–Trinajstić information content (AvgIpc) is 3.30. The Bertz CT molecular complexity index is 1320. The number of hydrogen-bond acceptors (Lipinski definition) is 8. The van der Waals surface area contributed by atoms with Crippen molar-refractivity contribution >= 4 is 45.6 Å². The number of para-hydroxylation sites is 1. The van der Waals surface area contributed by atoms with Crippen molar-refractivity contribution in [2.75, 3.05) is 19.0 Å². The van der Waals surface area contributed by atoms with Gasteiger partial charge in [-0.15, -0.1) is 10.2 Å². The van der Waals surface area contributed by atoms with Gasteiger partial charge in [-0.05, 0) is 42.8 Å². The van der Waals surface area contributed by atoms with Crippen molar-refractivity contribution in [3.63, 3.8) is 0 Å². The van der Waals surface area contributed by atoms with Crippen molar-refractivity contribution in [2.45, 2.75) is 23.9 Å². The van der Waals surface area contributed by atoms with Gasteiger partial charge in [0.1, 0.15) is 10.8 Å². The first kappa shape index (κ1) is 23.0. The van der Waals surface area contributed by atoms with E-state index in [1.165, 1.54) is 36.0 Å². The molecule has 0 aliphatic rings. The van der Waals surface area contributed by atoms with Crippen molar-refractivity contribution in [2.24, 2.45) is 0 Å². The van der Waals surface area contributed by atoms with E-state index in [2.05, 4.69) is 20.5 Å². The largest absolute Gasteiger partial charge is 0.385 e. The average molecular weight is 486 g/mol. The standard InChI is InChI=1S/C22H20FN5O3S2/c1-31-12-4-11-28-21(30)16-5-2-3-6-17(16)25-22(28)32-13-18-26-27-20(33-18)19(29)24-15-9-7-14(23)8-10-15/h2-3,5-10H,4,11-13H2,1H3,(H,24,29). The Morgan fingerprint density at radius 3 is 2.76 bits per heavy atom. The highest BCUT2D eigenvalue weighted by Crippen LogP contribution is 2.24. The van der Waals surface area contributed by atoms with Gasteiger partial charge in [0.25, 0.3) is 11.5 Å². The Balaban J connectivity index is 1.49. The summed E-state index contributed by atoms with van der Waals surface area (Å²) in [6.07, 6.45) is 0.677. The Morgan fingerprint density at radius 2 is 1.97 bits per heavy atom. The quantitative estimate of drug-likeness (QED) is 0.218. The van der Waals surface area contributed by atoms with Gasteiger partial charge < -0.3 is 10.1 Å². The van der Waals surface area contributed by atoms with Gasteiger partial charge in [-0.3, -0.25) is 14.2 Å². The zero-order valence-corrected chi connectivity index (χ0v) is 19.3. The van der Waals surface area contributed by atoms with Crippen LogP contribution in [-0.2, 0) is 17.0 Å². The molecule has 0 fully saturated rings. The van der Waals surface area contributed by atoms with Crippen LogP contribution >= 0.6 is 23.1 Å². The number of fused-ring (bicyclic) bond motifs is 1. The van der Waals surface area contributed by atoms with Crippen LogP contribution in [0.15, 0.2) is 58.5 Å². The minimum Gasteiger partial charge on any atom is -0.385 e. The molecule has 0 saturated heterocycles. The van der Waals surface area contributed by atoms with E-state index in [9.17, 15) is 14.0 Å². The summed E-state index contributed by atoms with van der Waals surface area (Å²) >= 11 is 2.52. The second-order valence-electron chi connectivity index (χ2n) is 6.97. The minimum absolute atomic E-state index is 0.101. The van der Waals surface area contributed by atoms with Crippen LogP contribution in [0.5, 0.6) is 0 Å². The third kappa shape index (κ3) is 5.62. The molecule has 8 nitrogen and oxygen atoms in total. The number of rotatable bonds is 9. The van der Waals surface area contributed by atoms with Crippen molar-refractivity contribution in [3.8, 4) is 0 Å². The third-order valence-electron chi connectivity index (χ3n) is 4.64. The van der Waals surface area contributed by atoms with Gasteiger partial charge in [0.2, 0.25) is 5.01 Å². The number of thioether (sulfide) groups is 1. The minimum atomic E-state index is -0.421. The molecule has 1 N–H and O–H groups in total. The number of anilines is 1. The van der Waals surface area contributed by atoms with E-state index in [4.69, 9.17) is 4.74 Å². The van der Waals surface area contributed by atoms with Crippen LogP contribution in [0.2, 0.25) is 0 Å². The Hall–Kier alpha value is -3.15. The SMILES string of the molecule is COCCCn1c(SCc2nnc(C(=O)Nc3ccc(F)cc3)s2)nc2ccccc2c1=O. The van der Waals surface area contributed by atoms with Crippen LogP contribution in [0, 0.1) is 5.82 Å². The van der Waals surface area contributed by atoms with Crippen LogP contribution in [0.1, 0.15) is 21.2 Å². The molecule has 0 atom stereocenters. The zero-order chi connectivity index (χ0) is 23.2. The highest BCUT2D eigenvalue weighted by atomic mass is 32.2. The molecule has 0 bridgehead atoms. The molecule has 11 heteroatoms. The maximum atomic E-state index is 13.0. The lowest BCUT2D eigenvalue weighted by atomic mass is 10.2. The first-order valence-electron chi connectivity index (χ1n) is 10.1. The van der Waals surface area contributed by atoms with Crippen LogP contribution < -0.4 is 10.9 Å². The normalized spacial score (nSPS) is 11.1. The molecule has 0 unspecified atom stereocenters. The lowest BCUT2D eigenvalue weighted by molar-refractivity contribution is 0.102. The molecule has 2 aromatic carbocycles. The van der Waals surface area contributed by atoms with Crippen LogP contribution in [-0.4, -0.2) is 39.4 Å². The number of benzene rings is 2. The predicted molar refractivity (Wildman–Crippen MR) is 126 cm³/mol. The number of amides is 1. The molecule has 0 aliphatic heterocycles. The molecule has 170 valence electrons. The molecule has 2 heterocycles. The van der Waals surface area contributed by atoms with Crippen LogP contribution in [0.4, 0.5) is 10.1 Å². The molecule has 0 aliphatic carbocycles. The second kappa shape index (κ2) is 10.6. The number of hydrogen-bond donors (Lipinski definition) is 1. The number of nitrogens with one attached hydrogen (secondary N) is 1. The fourth-order valence-electron chi connectivity index (χ4n) is 3.07. The summed E-state index contributed by atoms with van der Waals surface area (Å²) in [7, 11) is 1.62. The Kier molecular flexibility index (Phi) is 7.43. The fraction of sp³-hybridized carbons (Fsp3) is 0.227. The summed E-state index contributed by atoms with van der Waals surface area (Å²) in [6, 6.07) is 12.7. The number of carbonyl (C=O) groups is 1. The topological polar surface area (TPSA) is 99.0 Å². The molecule has 2 aromatic heterocycles. The molecular weight excluding hydrogens is 465 g/mol. The Labute approximate surface area is 196 Å². The number of nitrogens with zero attached hydrogens (tertiary/aromatic N) is 4. The lowest BCUT2D eigenvalue weighted by Gasteiger charge is -2.12. The van der Waals surface area contributed by atoms with E-state index in [0.29, 0.717) is 52.1 Å². The smallest absolute Gasteiger partial charge is 0.286 e. The molecule has 0 saturated carbocycles. The van der Waals surface area contributed by atoms with Crippen LogP contribution in [0.25, 0.3) is 10.9 Å². The second-order valence-corrected chi connectivity index (χ2v) is 8.97. The molecule has 4 aromatic rings. The van der Waals surface area contributed by atoms with E-state index in [1.54, 1.807) is 17.7 Å². The number of halogens is 1. The molecule has 0 radical (unpaired) electrons. The van der Waals surface area contributed by atoms with Gasteiger partial charge in [-0.1, -0.05) is 35.2 Å². The van der Waals surface area contributed by atoms with Crippen molar-refractivity contribution in [3.05, 3.63) is 74.7 Å². The maximum absolute atomic E-state index is 13.0. The highest BCUT2D eigenvalue weighted by Gasteiger charge is 2.16. The van der Waals surface area contributed by atoms with Gasteiger partial charge in [0, 0.05) is 25.9 Å². The fourth-order valence-corrected chi connectivity index (χ4v) is 4.82. The summed E-state index contributed by atoms with van der Waals surface area (Å²) in [4.78, 5) is 30.1. The lowest BCUT2D eigenvalue weighted by Crippen LogP contribution is -2.24. The first-order valence-corrected chi connectivity index (χ1v) is 11.9. The summed E-state index contributed by atoms with van der Waals surface area (Å²) in [5, 5.41) is 12.7. The van der Waals surface area contributed by atoms with Gasteiger partial charge in [-0.25, -0.2) is 9.37 Å². The number of aromatic nitrogens is 4. The first-order chi connectivity index (χ1) is 16.0.